The van der Waals surface area contributed by atoms with Crippen molar-refractivity contribution in [2.24, 2.45) is 5.92 Å². The number of aromatic nitrogens is 3. The molecule has 156 valence electrons. The standard InChI is InChI=1S/C21H23N5O3S/c1-28-15-4-5-18(29-2)16(12-15)17-13-30-21(24-17)25-19(27)14-6-10-26(11-7-14)20-22-8-3-9-23-20/h3-5,8-9,12-14H,6-7,10-11H2,1-2H3,(H,24,25,27). The molecule has 1 aromatic carbocycles. The van der Waals surface area contributed by atoms with Gasteiger partial charge in [-0.25, -0.2) is 15.0 Å². The molecule has 0 bridgehead atoms. The predicted octanol–water partition coefficient (Wildman–Crippen LogP) is 3.47. The molecular weight excluding hydrogens is 402 g/mol. The summed E-state index contributed by atoms with van der Waals surface area (Å²) in [6.07, 6.45) is 4.98. The van der Waals surface area contributed by atoms with Crippen molar-refractivity contribution in [3.05, 3.63) is 42.0 Å². The highest BCUT2D eigenvalue weighted by Gasteiger charge is 2.26. The number of nitrogens with zero attached hydrogens (tertiary/aromatic N) is 4. The smallest absolute Gasteiger partial charge is 0.229 e. The van der Waals surface area contributed by atoms with Crippen molar-refractivity contribution in [1.82, 2.24) is 15.0 Å². The molecule has 1 N–H and O–H groups in total. The van der Waals surface area contributed by atoms with E-state index in [1.165, 1.54) is 11.3 Å². The number of ether oxygens (including phenoxy) is 2. The van der Waals surface area contributed by atoms with Crippen molar-refractivity contribution >= 4 is 28.3 Å². The third kappa shape index (κ3) is 4.35. The number of amides is 1. The number of piperidine rings is 1. The summed E-state index contributed by atoms with van der Waals surface area (Å²) in [6, 6.07) is 7.36. The summed E-state index contributed by atoms with van der Waals surface area (Å²) in [4.78, 5) is 28.0. The zero-order valence-corrected chi connectivity index (χ0v) is 17.7. The number of carbonyl (C=O) groups excluding carboxylic acids is 1. The zero-order chi connectivity index (χ0) is 20.9. The number of thiazole rings is 1. The van der Waals surface area contributed by atoms with Gasteiger partial charge in [0.2, 0.25) is 11.9 Å². The van der Waals surface area contributed by atoms with E-state index >= 15 is 0 Å². The van der Waals surface area contributed by atoms with Gasteiger partial charge in [0.1, 0.15) is 11.5 Å². The van der Waals surface area contributed by atoms with E-state index in [1.54, 1.807) is 32.7 Å². The Morgan fingerprint density at radius 1 is 1.17 bits per heavy atom. The Morgan fingerprint density at radius 3 is 2.63 bits per heavy atom. The molecule has 3 aromatic rings. The first-order chi connectivity index (χ1) is 14.7. The molecule has 0 radical (unpaired) electrons. The van der Waals surface area contributed by atoms with Crippen LogP contribution in [0.15, 0.2) is 42.0 Å². The van der Waals surface area contributed by atoms with Gasteiger partial charge < -0.3 is 19.7 Å². The molecule has 8 nitrogen and oxygen atoms in total. The van der Waals surface area contributed by atoms with Gasteiger partial charge in [0.15, 0.2) is 5.13 Å². The number of nitrogens with one attached hydrogen (secondary N) is 1. The maximum Gasteiger partial charge on any atom is 0.229 e. The van der Waals surface area contributed by atoms with E-state index in [2.05, 4.69) is 25.2 Å². The molecule has 1 aliphatic rings. The molecule has 2 aromatic heterocycles. The maximum absolute atomic E-state index is 12.7. The number of methoxy groups -OCH3 is 2. The minimum Gasteiger partial charge on any atom is -0.497 e. The van der Waals surface area contributed by atoms with Gasteiger partial charge in [-0.2, -0.15) is 0 Å². The number of anilines is 2. The Kier molecular flexibility index (Phi) is 6.08. The molecule has 0 saturated carbocycles. The van der Waals surface area contributed by atoms with Gasteiger partial charge in [-0.1, -0.05) is 0 Å². The molecule has 1 saturated heterocycles. The lowest BCUT2D eigenvalue weighted by molar-refractivity contribution is -0.120. The molecule has 1 fully saturated rings. The quantitative estimate of drug-likeness (QED) is 0.647. The van der Waals surface area contributed by atoms with E-state index in [1.807, 2.05) is 23.6 Å². The maximum atomic E-state index is 12.7. The molecule has 9 heteroatoms. The number of hydrogen-bond donors (Lipinski definition) is 1. The Morgan fingerprint density at radius 2 is 1.93 bits per heavy atom. The SMILES string of the molecule is COc1ccc(OC)c(-c2csc(NC(=O)C3CCN(c4ncccn4)CC3)n2)c1. The highest BCUT2D eigenvalue weighted by molar-refractivity contribution is 7.14. The van der Waals surface area contributed by atoms with Crippen molar-refractivity contribution in [3.63, 3.8) is 0 Å². The molecule has 3 heterocycles. The van der Waals surface area contributed by atoms with Crippen molar-refractivity contribution in [2.75, 3.05) is 37.5 Å². The summed E-state index contributed by atoms with van der Waals surface area (Å²) in [6.45, 7) is 1.51. The summed E-state index contributed by atoms with van der Waals surface area (Å²) in [7, 11) is 3.24. The Hall–Kier alpha value is -3.20. The van der Waals surface area contributed by atoms with E-state index in [0.29, 0.717) is 16.8 Å². The summed E-state index contributed by atoms with van der Waals surface area (Å²) in [5.41, 5.74) is 1.56. The molecule has 0 aliphatic carbocycles. The Balaban J connectivity index is 1.39. The lowest BCUT2D eigenvalue weighted by Gasteiger charge is -2.30. The van der Waals surface area contributed by atoms with Crippen LogP contribution < -0.4 is 19.7 Å². The monoisotopic (exact) mass is 425 g/mol. The first-order valence-corrected chi connectivity index (χ1v) is 10.6. The van der Waals surface area contributed by atoms with Gasteiger partial charge in [-0.3, -0.25) is 4.79 Å². The van der Waals surface area contributed by atoms with Gasteiger partial charge in [0, 0.05) is 42.3 Å². The topological polar surface area (TPSA) is 89.5 Å². The lowest BCUT2D eigenvalue weighted by Crippen LogP contribution is -2.38. The molecule has 1 aliphatic heterocycles. The van der Waals surface area contributed by atoms with Gasteiger partial charge in [-0.05, 0) is 37.1 Å². The molecule has 0 atom stereocenters. The number of hydrogen-bond acceptors (Lipinski definition) is 8. The lowest BCUT2D eigenvalue weighted by atomic mass is 9.96. The van der Waals surface area contributed by atoms with Crippen molar-refractivity contribution < 1.29 is 14.3 Å². The van der Waals surface area contributed by atoms with Crippen LogP contribution in [0.2, 0.25) is 0 Å². The highest BCUT2D eigenvalue weighted by Crippen LogP contribution is 2.35. The van der Waals surface area contributed by atoms with Crippen LogP contribution in [0, 0.1) is 5.92 Å². The van der Waals surface area contributed by atoms with Gasteiger partial charge in [0.25, 0.3) is 0 Å². The second-order valence-corrected chi connectivity index (χ2v) is 7.76. The fourth-order valence-corrected chi connectivity index (χ4v) is 4.19. The minimum atomic E-state index is -0.0522. The van der Waals surface area contributed by atoms with Gasteiger partial charge in [0.05, 0.1) is 19.9 Å². The number of rotatable bonds is 6. The summed E-state index contributed by atoms with van der Waals surface area (Å²) in [5, 5.41) is 5.45. The third-order valence-corrected chi connectivity index (χ3v) is 5.88. The van der Waals surface area contributed by atoms with E-state index in [0.717, 1.165) is 42.9 Å². The predicted molar refractivity (Wildman–Crippen MR) is 116 cm³/mol. The van der Waals surface area contributed by atoms with Crippen LogP contribution in [-0.2, 0) is 4.79 Å². The second kappa shape index (κ2) is 9.08. The van der Waals surface area contributed by atoms with Gasteiger partial charge in [-0.15, -0.1) is 11.3 Å². The number of benzene rings is 1. The largest absolute Gasteiger partial charge is 0.497 e. The van der Waals surface area contributed by atoms with Crippen LogP contribution in [0.25, 0.3) is 11.3 Å². The molecule has 0 spiro atoms. The van der Waals surface area contributed by atoms with Gasteiger partial charge >= 0.3 is 0 Å². The van der Waals surface area contributed by atoms with Crippen LogP contribution in [0.4, 0.5) is 11.1 Å². The minimum absolute atomic E-state index is 0.00198. The fourth-order valence-electron chi connectivity index (χ4n) is 3.47. The molecule has 1 amide bonds. The molecule has 4 rings (SSSR count). The third-order valence-electron chi connectivity index (χ3n) is 5.12. The normalized spacial score (nSPS) is 14.4. The summed E-state index contributed by atoms with van der Waals surface area (Å²) < 4.78 is 10.7. The fraction of sp³-hybridized carbons (Fsp3) is 0.333. The van der Waals surface area contributed by atoms with Crippen LogP contribution in [0.5, 0.6) is 11.5 Å². The van der Waals surface area contributed by atoms with E-state index in [9.17, 15) is 4.79 Å². The molecule has 30 heavy (non-hydrogen) atoms. The average Bonchev–Trinajstić information content (AvgIpc) is 3.27. The summed E-state index contributed by atoms with van der Waals surface area (Å²) >= 11 is 1.40. The van der Waals surface area contributed by atoms with Crippen molar-refractivity contribution in [2.45, 2.75) is 12.8 Å². The summed E-state index contributed by atoms with van der Waals surface area (Å²) in [5.74, 6) is 2.09. The Labute approximate surface area is 178 Å². The van der Waals surface area contributed by atoms with E-state index < -0.39 is 0 Å². The van der Waals surface area contributed by atoms with Crippen LogP contribution in [-0.4, -0.2) is 48.2 Å². The van der Waals surface area contributed by atoms with Crippen LogP contribution >= 0.6 is 11.3 Å². The zero-order valence-electron chi connectivity index (χ0n) is 16.9. The van der Waals surface area contributed by atoms with Crippen molar-refractivity contribution in [1.29, 1.82) is 0 Å². The van der Waals surface area contributed by atoms with Crippen LogP contribution in [0.1, 0.15) is 12.8 Å². The van der Waals surface area contributed by atoms with E-state index in [4.69, 9.17) is 9.47 Å². The Bertz CT molecular complexity index is 1000. The number of carbonyl (C=O) groups is 1. The molecule has 0 unspecified atom stereocenters. The second-order valence-electron chi connectivity index (χ2n) is 6.90. The van der Waals surface area contributed by atoms with E-state index in [-0.39, 0.29) is 11.8 Å². The van der Waals surface area contributed by atoms with Crippen LogP contribution in [0.3, 0.4) is 0 Å². The first-order valence-electron chi connectivity index (χ1n) is 9.68. The van der Waals surface area contributed by atoms with Crippen molar-refractivity contribution in [3.8, 4) is 22.8 Å². The molecular formula is C21H23N5O3S. The average molecular weight is 426 g/mol. The highest BCUT2D eigenvalue weighted by atomic mass is 32.1. The first kappa shape index (κ1) is 20.1.